The van der Waals surface area contributed by atoms with Crippen molar-refractivity contribution in [2.45, 2.75) is 6.42 Å². The van der Waals surface area contributed by atoms with Gasteiger partial charge in [-0.2, -0.15) is 5.10 Å². The van der Waals surface area contributed by atoms with E-state index in [1.165, 1.54) is 12.1 Å². The van der Waals surface area contributed by atoms with Gasteiger partial charge < -0.3 is 9.90 Å². The molecule has 0 aliphatic heterocycles. The van der Waals surface area contributed by atoms with E-state index in [0.717, 1.165) is 0 Å². The average molecular weight is 176 g/mol. The van der Waals surface area contributed by atoms with Crippen LogP contribution in [0.3, 0.4) is 0 Å². The van der Waals surface area contributed by atoms with Gasteiger partial charge in [0.05, 0.1) is 5.69 Å². The summed E-state index contributed by atoms with van der Waals surface area (Å²) in [6, 6.07) is 2.56. The molecule has 6 heteroatoms. The van der Waals surface area contributed by atoms with Gasteiger partial charge in [0.1, 0.15) is 0 Å². The Balaban J connectivity index is 0.00000121. The minimum Gasteiger partial charge on any atom is -0.550 e. The van der Waals surface area contributed by atoms with Gasteiger partial charge in [0.25, 0.3) is 5.56 Å². The molecular weight excluding hydrogens is 171 g/mol. The van der Waals surface area contributed by atoms with E-state index in [0.29, 0.717) is 0 Å². The molecule has 0 aliphatic carbocycles. The Morgan fingerprint density at radius 3 is 2.67 bits per heavy atom. The molecule has 1 N–H and O–H groups in total. The van der Waals surface area contributed by atoms with Crippen LogP contribution in [-0.4, -0.2) is 16.2 Å². The van der Waals surface area contributed by atoms with Crippen molar-refractivity contribution in [2.24, 2.45) is 0 Å². The third kappa shape index (κ3) is 3.66. The number of nitrogens with one attached hydrogen (secondary N) is 1. The zero-order chi connectivity index (χ0) is 8.27. The van der Waals surface area contributed by atoms with E-state index >= 15 is 0 Å². The standard InChI is InChI=1S/C6H6N2O3.Na/c9-5-2-1-4(7-8-5)3-6(10)11;/h1-2H,3H2,(H,8,9)(H,10,11);/q;+1/p-1. The number of carboxylic acid groups (broad SMARTS) is 1. The summed E-state index contributed by atoms with van der Waals surface area (Å²) < 4.78 is 0. The second kappa shape index (κ2) is 5.08. The SMILES string of the molecule is O=C([O-])Cc1ccc(=O)[nH]n1.[Na+]. The topological polar surface area (TPSA) is 85.9 Å². The number of H-pyrrole nitrogens is 1. The van der Waals surface area contributed by atoms with Crippen LogP contribution in [0.5, 0.6) is 0 Å². The number of hydrogen-bond acceptors (Lipinski definition) is 4. The third-order valence-corrected chi connectivity index (χ3v) is 1.06. The van der Waals surface area contributed by atoms with Crippen LogP contribution < -0.4 is 40.2 Å². The summed E-state index contributed by atoms with van der Waals surface area (Å²) in [5.41, 5.74) is -0.0725. The van der Waals surface area contributed by atoms with Crippen LogP contribution in [0.1, 0.15) is 5.69 Å². The van der Waals surface area contributed by atoms with Crippen molar-refractivity contribution in [2.75, 3.05) is 0 Å². The van der Waals surface area contributed by atoms with Gasteiger partial charge >= 0.3 is 29.6 Å². The summed E-state index contributed by atoms with van der Waals surface area (Å²) in [6.07, 6.45) is -0.281. The number of aliphatic carboxylic acids is 1. The quantitative estimate of drug-likeness (QED) is 0.457. The molecule has 1 heterocycles. The maximum atomic E-state index is 10.4. The Bertz CT molecular complexity index is 302. The molecule has 0 bridgehead atoms. The van der Waals surface area contributed by atoms with Crippen molar-refractivity contribution < 1.29 is 39.5 Å². The van der Waals surface area contributed by atoms with Crippen LogP contribution in [0.4, 0.5) is 0 Å². The molecule has 0 spiro atoms. The Kier molecular flexibility index (Phi) is 4.80. The van der Waals surface area contributed by atoms with Crippen LogP contribution in [0.2, 0.25) is 0 Å². The van der Waals surface area contributed by atoms with Gasteiger partial charge in [-0.15, -0.1) is 0 Å². The maximum absolute atomic E-state index is 10.4. The molecule has 1 rings (SSSR count). The minimum absolute atomic E-state index is 0. The van der Waals surface area contributed by atoms with Crippen molar-refractivity contribution in [1.82, 2.24) is 10.2 Å². The molecule has 12 heavy (non-hydrogen) atoms. The largest absolute Gasteiger partial charge is 1.00 e. The molecule has 0 atom stereocenters. The number of carbonyl (C=O) groups excluding carboxylic acids is 1. The smallest absolute Gasteiger partial charge is 0.550 e. The first kappa shape index (κ1) is 11.4. The number of aromatic nitrogens is 2. The normalized spacial score (nSPS) is 8.67. The zero-order valence-electron chi connectivity index (χ0n) is 6.53. The van der Waals surface area contributed by atoms with Crippen LogP contribution in [0.15, 0.2) is 16.9 Å². The number of nitrogens with zero attached hydrogens (tertiary/aromatic N) is 1. The Morgan fingerprint density at radius 1 is 1.58 bits per heavy atom. The first-order valence-corrected chi connectivity index (χ1v) is 2.93. The van der Waals surface area contributed by atoms with Gasteiger partial charge in [0, 0.05) is 18.5 Å². The third-order valence-electron chi connectivity index (χ3n) is 1.06. The van der Waals surface area contributed by atoms with Gasteiger partial charge in [-0.25, -0.2) is 5.10 Å². The summed E-state index contributed by atoms with van der Waals surface area (Å²) in [7, 11) is 0. The van der Waals surface area contributed by atoms with Crippen molar-refractivity contribution in [1.29, 1.82) is 0 Å². The van der Waals surface area contributed by atoms with Gasteiger partial charge in [0.15, 0.2) is 0 Å². The van der Waals surface area contributed by atoms with Crippen LogP contribution in [-0.2, 0) is 11.2 Å². The van der Waals surface area contributed by atoms with E-state index in [9.17, 15) is 14.7 Å². The molecule has 0 saturated heterocycles. The van der Waals surface area contributed by atoms with Crippen LogP contribution in [0.25, 0.3) is 0 Å². The minimum atomic E-state index is -1.22. The number of rotatable bonds is 2. The zero-order valence-corrected chi connectivity index (χ0v) is 8.53. The molecule has 0 radical (unpaired) electrons. The Labute approximate surface area is 90.1 Å². The first-order chi connectivity index (χ1) is 5.18. The fraction of sp³-hybridized carbons (Fsp3) is 0.167. The van der Waals surface area contributed by atoms with Gasteiger partial charge in [-0.05, 0) is 6.07 Å². The number of carboxylic acids is 1. The van der Waals surface area contributed by atoms with Gasteiger partial charge in [-0.1, -0.05) is 0 Å². The number of hydrogen-bond donors (Lipinski definition) is 1. The molecule has 0 saturated carbocycles. The second-order valence-electron chi connectivity index (χ2n) is 1.96. The summed E-state index contributed by atoms with van der Waals surface area (Å²) in [5, 5.41) is 15.6. The van der Waals surface area contributed by atoms with E-state index in [4.69, 9.17) is 0 Å². The summed E-state index contributed by atoms with van der Waals surface area (Å²) in [5.74, 6) is -1.22. The molecule has 1 aromatic heterocycles. The molecule has 0 fully saturated rings. The summed E-state index contributed by atoms with van der Waals surface area (Å²) >= 11 is 0. The van der Waals surface area contributed by atoms with Crippen molar-refractivity contribution in [3.8, 4) is 0 Å². The van der Waals surface area contributed by atoms with Crippen LogP contribution in [0, 0.1) is 0 Å². The predicted molar refractivity (Wildman–Crippen MR) is 33.6 cm³/mol. The predicted octanol–water partition coefficient (Wildman–Crippen LogP) is -4.93. The van der Waals surface area contributed by atoms with E-state index < -0.39 is 5.97 Å². The van der Waals surface area contributed by atoms with Crippen LogP contribution >= 0.6 is 0 Å². The first-order valence-electron chi connectivity index (χ1n) is 2.93. The molecule has 0 aromatic carbocycles. The van der Waals surface area contributed by atoms with Gasteiger partial charge in [-0.3, -0.25) is 4.79 Å². The number of aromatic amines is 1. The molecule has 58 valence electrons. The fourth-order valence-electron chi connectivity index (χ4n) is 0.620. The molecule has 5 nitrogen and oxygen atoms in total. The second-order valence-corrected chi connectivity index (χ2v) is 1.96. The van der Waals surface area contributed by atoms with E-state index in [-0.39, 0.29) is 47.2 Å². The summed E-state index contributed by atoms with van der Waals surface area (Å²) in [4.78, 5) is 20.4. The average Bonchev–Trinajstić information content (AvgIpc) is 1.93. The van der Waals surface area contributed by atoms with Crippen molar-refractivity contribution in [3.63, 3.8) is 0 Å². The molecular formula is C6H5N2NaO3. The molecule has 0 aliphatic rings. The number of carbonyl (C=O) groups is 1. The van der Waals surface area contributed by atoms with E-state index in [2.05, 4.69) is 10.2 Å². The maximum Gasteiger partial charge on any atom is 1.00 e. The Hall–Kier alpha value is -0.650. The molecule has 1 aromatic rings. The molecule has 0 amide bonds. The fourth-order valence-corrected chi connectivity index (χ4v) is 0.620. The summed E-state index contributed by atoms with van der Waals surface area (Å²) in [6.45, 7) is 0. The van der Waals surface area contributed by atoms with E-state index in [1.54, 1.807) is 0 Å². The Morgan fingerprint density at radius 2 is 2.25 bits per heavy atom. The van der Waals surface area contributed by atoms with Crippen molar-refractivity contribution >= 4 is 5.97 Å². The van der Waals surface area contributed by atoms with Gasteiger partial charge in [0.2, 0.25) is 0 Å². The molecule has 0 unspecified atom stereocenters. The monoisotopic (exact) mass is 176 g/mol. The van der Waals surface area contributed by atoms with E-state index in [1.807, 2.05) is 0 Å². The van der Waals surface area contributed by atoms with Crippen molar-refractivity contribution in [3.05, 3.63) is 28.2 Å².